The van der Waals surface area contributed by atoms with E-state index in [1.807, 2.05) is 6.07 Å². The third-order valence-corrected chi connectivity index (χ3v) is 8.44. The summed E-state index contributed by atoms with van der Waals surface area (Å²) >= 11 is 0. The Morgan fingerprint density at radius 3 is 2.15 bits per heavy atom. The van der Waals surface area contributed by atoms with E-state index in [4.69, 9.17) is 0 Å². The van der Waals surface area contributed by atoms with E-state index >= 15 is 0 Å². The van der Waals surface area contributed by atoms with Gasteiger partial charge >= 0.3 is 0 Å². The number of hydrogen-bond donors (Lipinski definition) is 0. The van der Waals surface area contributed by atoms with E-state index in [-0.39, 0.29) is 17.5 Å². The van der Waals surface area contributed by atoms with Crippen molar-refractivity contribution in [3.63, 3.8) is 0 Å². The Labute approximate surface area is 164 Å². The largest absolute Gasteiger partial charge is 0.294 e. The van der Waals surface area contributed by atoms with Gasteiger partial charge in [0, 0.05) is 5.92 Å². The monoisotopic (exact) mass is 370 g/mol. The van der Waals surface area contributed by atoms with Gasteiger partial charge in [0.1, 0.15) is 5.82 Å². The molecular weight excluding hydrogens is 335 g/mol. The SMILES string of the molecule is CCC(C)C1CCC(C2CCC(C3Cc4cccc(F)c4C3=O)CC2)CC1. The lowest BCUT2D eigenvalue weighted by Gasteiger charge is -2.40. The smallest absolute Gasteiger partial charge is 0.169 e. The van der Waals surface area contributed by atoms with Crippen LogP contribution in [0.4, 0.5) is 4.39 Å². The normalized spacial score (nSPS) is 35.1. The number of fused-ring (bicyclic) bond motifs is 1. The fourth-order valence-electron chi connectivity index (χ4n) is 6.45. The molecule has 0 saturated heterocycles. The minimum Gasteiger partial charge on any atom is -0.294 e. The van der Waals surface area contributed by atoms with Crippen LogP contribution in [0.15, 0.2) is 18.2 Å². The van der Waals surface area contributed by atoms with Crippen LogP contribution in [0.1, 0.15) is 87.6 Å². The first-order valence-electron chi connectivity index (χ1n) is 11.4. The first kappa shape index (κ1) is 19.2. The Morgan fingerprint density at radius 1 is 0.963 bits per heavy atom. The molecule has 2 saturated carbocycles. The summed E-state index contributed by atoms with van der Waals surface area (Å²) in [5, 5.41) is 0. The zero-order valence-corrected chi connectivity index (χ0v) is 17.1. The number of carbonyl (C=O) groups is 1. The molecular formula is C25H35FO. The van der Waals surface area contributed by atoms with Crippen LogP contribution < -0.4 is 0 Å². The Hall–Kier alpha value is -1.18. The van der Waals surface area contributed by atoms with Gasteiger partial charge in [0.2, 0.25) is 0 Å². The highest BCUT2D eigenvalue weighted by molar-refractivity contribution is 6.02. The van der Waals surface area contributed by atoms with E-state index in [1.165, 1.54) is 63.9 Å². The molecule has 2 fully saturated rings. The van der Waals surface area contributed by atoms with Crippen molar-refractivity contribution < 1.29 is 9.18 Å². The van der Waals surface area contributed by atoms with E-state index in [2.05, 4.69) is 13.8 Å². The van der Waals surface area contributed by atoms with E-state index in [1.54, 1.807) is 6.07 Å². The van der Waals surface area contributed by atoms with Crippen LogP contribution in [0, 0.1) is 41.3 Å². The highest BCUT2D eigenvalue weighted by Crippen LogP contribution is 2.46. The van der Waals surface area contributed by atoms with Crippen molar-refractivity contribution in [1.82, 2.24) is 0 Å². The fraction of sp³-hybridized carbons (Fsp3) is 0.720. The maximum absolute atomic E-state index is 14.1. The van der Waals surface area contributed by atoms with Crippen molar-refractivity contribution in [3.05, 3.63) is 35.1 Å². The quantitative estimate of drug-likeness (QED) is 0.567. The molecule has 27 heavy (non-hydrogen) atoms. The lowest BCUT2D eigenvalue weighted by molar-refractivity contribution is 0.0798. The fourth-order valence-corrected chi connectivity index (χ4v) is 6.45. The van der Waals surface area contributed by atoms with Gasteiger partial charge in [-0.2, -0.15) is 0 Å². The first-order valence-corrected chi connectivity index (χ1v) is 11.4. The number of carbonyl (C=O) groups excluding carboxylic acids is 1. The standard InChI is InChI=1S/C25H35FO/c1-3-16(2)17-7-9-18(10-8-17)19-11-13-20(14-12-19)22-15-21-5-4-6-23(26)24(21)25(22)27/h4-6,16-20,22H,3,7-15H2,1-2H3. The van der Waals surface area contributed by atoms with Crippen LogP contribution in [0.5, 0.6) is 0 Å². The number of Topliss-reactive ketones (excluding diaryl/α,β-unsaturated/α-hetero) is 1. The zero-order valence-electron chi connectivity index (χ0n) is 17.1. The van der Waals surface area contributed by atoms with Gasteiger partial charge in [0.05, 0.1) is 5.56 Å². The van der Waals surface area contributed by atoms with Crippen LogP contribution in [0.25, 0.3) is 0 Å². The molecule has 0 heterocycles. The molecule has 0 bridgehead atoms. The summed E-state index contributed by atoms with van der Waals surface area (Å²) in [6.45, 7) is 4.75. The van der Waals surface area contributed by atoms with Crippen LogP contribution in [0.2, 0.25) is 0 Å². The Morgan fingerprint density at radius 2 is 1.56 bits per heavy atom. The third kappa shape index (κ3) is 3.74. The predicted molar refractivity (Wildman–Crippen MR) is 108 cm³/mol. The number of halogens is 1. The average Bonchev–Trinajstić information content (AvgIpc) is 3.05. The summed E-state index contributed by atoms with van der Waals surface area (Å²) in [7, 11) is 0. The highest BCUT2D eigenvalue weighted by Gasteiger charge is 2.40. The molecule has 1 nitrogen and oxygen atoms in total. The summed E-state index contributed by atoms with van der Waals surface area (Å²) in [5.74, 6) is 3.91. The van der Waals surface area contributed by atoms with Gasteiger partial charge in [-0.15, -0.1) is 0 Å². The summed E-state index contributed by atoms with van der Waals surface area (Å²) in [6.07, 6.45) is 12.7. The van der Waals surface area contributed by atoms with E-state index in [9.17, 15) is 9.18 Å². The van der Waals surface area contributed by atoms with Gasteiger partial charge in [-0.25, -0.2) is 4.39 Å². The highest BCUT2D eigenvalue weighted by atomic mass is 19.1. The molecule has 148 valence electrons. The summed E-state index contributed by atoms with van der Waals surface area (Å²) in [4.78, 5) is 12.8. The number of hydrogen-bond acceptors (Lipinski definition) is 1. The topological polar surface area (TPSA) is 17.1 Å². The van der Waals surface area contributed by atoms with Gasteiger partial charge in [-0.3, -0.25) is 4.79 Å². The van der Waals surface area contributed by atoms with Crippen LogP contribution in [0.3, 0.4) is 0 Å². The second-order valence-electron chi connectivity index (χ2n) is 9.68. The molecule has 3 aliphatic rings. The Bertz CT molecular complexity index is 665. The predicted octanol–water partition coefficient (Wildman–Crippen LogP) is 6.84. The zero-order chi connectivity index (χ0) is 19.0. The van der Waals surface area contributed by atoms with Crippen molar-refractivity contribution in [2.75, 3.05) is 0 Å². The molecule has 2 unspecified atom stereocenters. The first-order chi connectivity index (χ1) is 13.1. The molecule has 0 aliphatic heterocycles. The molecule has 0 N–H and O–H groups in total. The van der Waals surface area contributed by atoms with E-state index < -0.39 is 0 Å². The molecule has 0 spiro atoms. The van der Waals surface area contributed by atoms with Gasteiger partial charge < -0.3 is 0 Å². The second kappa shape index (κ2) is 8.05. The lowest BCUT2D eigenvalue weighted by Crippen LogP contribution is -2.30. The van der Waals surface area contributed by atoms with Crippen LogP contribution in [-0.4, -0.2) is 5.78 Å². The Kier molecular flexibility index (Phi) is 5.71. The Balaban J connectivity index is 1.30. The molecule has 1 aromatic rings. The minimum absolute atomic E-state index is 0.0407. The maximum Gasteiger partial charge on any atom is 0.169 e. The van der Waals surface area contributed by atoms with Crippen molar-refractivity contribution in [3.8, 4) is 0 Å². The minimum atomic E-state index is -0.313. The van der Waals surface area contributed by atoms with Gasteiger partial charge in [-0.05, 0) is 99.0 Å². The average molecular weight is 371 g/mol. The van der Waals surface area contributed by atoms with Crippen molar-refractivity contribution in [2.45, 2.75) is 78.1 Å². The molecule has 2 atom stereocenters. The summed E-state index contributed by atoms with van der Waals surface area (Å²) in [6, 6.07) is 5.12. The van der Waals surface area contributed by atoms with Crippen molar-refractivity contribution >= 4 is 5.78 Å². The van der Waals surface area contributed by atoms with Gasteiger partial charge in [0.15, 0.2) is 5.78 Å². The number of benzene rings is 1. The molecule has 0 radical (unpaired) electrons. The van der Waals surface area contributed by atoms with Crippen molar-refractivity contribution in [1.29, 1.82) is 0 Å². The van der Waals surface area contributed by atoms with E-state index in [0.29, 0.717) is 11.5 Å². The lowest BCUT2D eigenvalue weighted by atomic mass is 9.65. The van der Waals surface area contributed by atoms with Crippen molar-refractivity contribution in [2.24, 2.45) is 35.5 Å². The molecule has 0 aromatic heterocycles. The molecule has 1 aromatic carbocycles. The summed E-state index contributed by atoms with van der Waals surface area (Å²) in [5.41, 5.74) is 1.34. The summed E-state index contributed by atoms with van der Waals surface area (Å²) < 4.78 is 14.1. The number of rotatable bonds is 4. The van der Waals surface area contributed by atoms with E-state index in [0.717, 1.165) is 35.7 Å². The third-order valence-electron chi connectivity index (χ3n) is 8.44. The van der Waals surface area contributed by atoms with Crippen LogP contribution >= 0.6 is 0 Å². The molecule has 3 aliphatic carbocycles. The van der Waals surface area contributed by atoms with Crippen LogP contribution in [-0.2, 0) is 6.42 Å². The molecule has 4 rings (SSSR count). The molecule has 0 amide bonds. The second-order valence-corrected chi connectivity index (χ2v) is 9.68. The maximum atomic E-state index is 14.1. The molecule has 2 heteroatoms. The van der Waals surface area contributed by atoms with Gasteiger partial charge in [-0.1, -0.05) is 32.4 Å². The number of ketones is 1. The van der Waals surface area contributed by atoms with Gasteiger partial charge in [0.25, 0.3) is 0 Å².